The molecule has 3 rings (SSSR count). The van der Waals surface area contributed by atoms with Crippen LogP contribution in [0.5, 0.6) is 0 Å². The van der Waals surface area contributed by atoms with Crippen LogP contribution in [0.4, 0.5) is 4.79 Å². The number of hydrogen-bond acceptors (Lipinski definition) is 4. The minimum absolute atomic E-state index is 0.246. The number of likely N-dealkylation sites (tertiary alicyclic amines) is 1. The van der Waals surface area contributed by atoms with Crippen LogP contribution in [0.25, 0.3) is 0 Å². The Bertz CT molecular complexity index is 671. The molecule has 1 saturated heterocycles. The first-order valence-electron chi connectivity index (χ1n) is 8.78. The van der Waals surface area contributed by atoms with Crippen molar-refractivity contribution in [2.45, 2.75) is 32.3 Å². The van der Waals surface area contributed by atoms with E-state index >= 15 is 0 Å². The van der Waals surface area contributed by atoms with Gasteiger partial charge in [0.05, 0.1) is 0 Å². The molecule has 6 nitrogen and oxygen atoms in total. The molecule has 1 aliphatic rings. The molecule has 1 aromatic heterocycles. The minimum Gasteiger partial charge on any atom is -0.445 e. The molecule has 0 unspecified atom stereocenters. The molecule has 0 radical (unpaired) electrons. The number of aromatic nitrogens is 1. The van der Waals surface area contributed by atoms with Crippen molar-refractivity contribution in [3.05, 3.63) is 66.0 Å². The molecule has 0 bridgehead atoms. The fraction of sp³-hybridized carbons (Fsp3) is 0.350. The van der Waals surface area contributed by atoms with Gasteiger partial charge in [0.2, 0.25) is 5.91 Å². The molecule has 138 valence electrons. The van der Waals surface area contributed by atoms with Crippen molar-refractivity contribution < 1.29 is 14.3 Å². The summed E-state index contributed by atoms with van der Waals surface area (Å²) in [6.45, 7) is 2.15. The lowest BCUT2D eigenvalue weighted by molar-refractivity contribution is -0.130. The zero-order chi connectivity index (χ0) is 18.6. The Kier molecular flexibility index (Phi) is 8.12. The van der Waals surface area contributed by atoms with Crippen LogP contribution in [-0.4, -0.2) is 35.0 Å². The molecule has 1 aliphatic heterocycles. The van der Waals surface area contributed by atoms with E-state index in [0.29, 0.717) is 12.3 Å². The highest BCUT2D eigenvalue weighted by Gasteiger charge is 2.17. The van der Waals surface area contributed by atoms with Gasteiger partial charge in [-0.1, -0.05) is 30.3 Å². The van der Waals surface area contributed by atoms with Gasteiger partial charge in [0, 0.05) is 31.9 Å². The first kappa shape index (κ1) is 19.4. The van der Waals surface area contributed by atoms with Gasteiger partial charge in [-0.15, -0.1) is 0 Å². The number of ether oxygens (including phenoxy) is 1. The Morgan fingerprint density at radius 3 is 2.27 bits per heavy atom. The largest absolute Gasteiger partial charge is 0.445 e. The maximum atomic E-state index is 11.7. The fourth-order valence-corrected chi connectivity index (χ4v) is 2.65. The lowest BCUT2D eigenvalue weighted by Crippen LogP contribution is -2.27. The van der Waals surface area contributed by atoms with E-state index in [1.54, 1.807) is 12.4 Å². The third kappa shape index (κ3) is 7.34. The molecule has 0 saturated carbocycles. The van der Waals surface area contributed by atoms with Crippen LogP contribution < -0.4 is 5.73 Å². The van der Waals surface area contributed by atoms with Gasteiger partial charge in [-0.25, -0.2) is 4.79 Å². The van der Waals surface area contributed by atoms with Crippen LogP contribution in [0, 0.1) is 0 Å². The second-order valence-electron chi connectivity index (χ2n) is 6.04. The Hall–Kier alpha value is -2.89. The second kappa shape index (κ2) is 10.9. The zero-order valence-electron chi connectivity index (χ0n) is 14.8. The predicted molar refractivity (Wildman–Crippen MR) is 99.2 cm³/mol. The quantitative estimate of drug-likeness (QED) is 0.893. The molecule has 0 atom stereocenters. The zero-order valence-corrected chi connectivity index (χ0v) is 14.8. The van der Waals surface area contributed by atoms with E-state index in [9.17, 15) is 9.59 Å². The summed E-state index contributed by atoms with van der Waals surface area (Å²) in [5, 5.41) is 0. The van der Waals surface area contributed by atoms with Crippen LogP contribution in [0.2, 0.25) is 0 Å². The predicted octanol–water partition coefficient (Wildman–Crippen LogP) is 2.92. The molecule has 0 aliphatic carbocycles. The van der Waals surface area contributed by atoms with Crippen molar-refractivity contribution in [2.75, 3.05) is 13.1 Å². The summed E-state index contributed by atoms with van der Waals surface area (Å²) < 4.78 is 4.57. The van der Waals surface area contributed by atoms with Crippen LogP contribution in [0.3, 0.4) is 0 Å². The van der Waals surface area contributed by atoms with E-state index in [-0.39, 0.29) is 6.61 Å². The number of benzene rings is 1. The summed E-state index contributed by atoms with van der Waals surface area (Å²) in [7, 11) is 0. The molecular formula is C20H25N3O3. The van der Waals surface area contributed by atoms with Crippen molar-refractivity contribution in [3.63, 3.8) is 0 Å². The summed E-state index contributed by atoms with van der Waals surface area (Å²) in [5.74, 6) is 0.296. The van der Waals surface area contributed by atoms with Gasteiger partial charge in [-0.3, -0.25) is 9.78 Å². The number of aryl methyl sites for hydroxylation is 1. The van der Waals surface area contributed by atoms with Crippen LogP contribution in [0.1, 0.15) is 30.4 Å². The molecular weight excluding hydrogens is 330 g/mol. The van der Waals surface area contributed by atoms with E-state index in [4.69, 9.17) is 5.73 Å². The van der Waals surface area contributed by atoms with E-state index < -0.39 is 6.09 Å². The van der Waals surface area contributed by atoms with Crippen LogP contribution in [-0.2, 0) is 22.6 Å². The lowest BCUT2D eigenvalue weighted by atomic mass is 10.1. The van der Waals surface area contributed by atoms with Crippen LogP contribution >= 0.6 is 0 Å². The average molecular weight is 355 g/mol. The third-order valence-corrected chi connectivity index (χ3v) is 4.06. The SMILES string of the molecule is NC(=O)OCc1ccccc1.O=C(CCc1ccncc1)N1CCCC1. The molecule has 2 heterocycles. The number of carbonyl (C=O) groups is 2. The Morgan fingerprint density at radius 2 is 1.65 bits per heavy atom. The van der Waals surface area contributed by atoms with Crippen molar-refractivity contribution in [1.82, 2.24) is 9.88 Å². The van der Waals surface area contributed by atoms with E-state index in [0.717, 1.165) is 25.1 Å². The Morgan fingerprint density at radius 1 is 1.00 bits per heavy atom. The molecule has 2 amide bonds. The molecule has 6 heteroatoms. The summed E-state index contributed by atoms with van der Waals surface area (Å²) in [6, 6.07) is 13.3. The molecule has 0 spiro atoms. The van der Waals surface area contributed by atoms with E-state index in [2.05, 4.69) is 9.72 Å². The molecule has 26 heavy (non-hydrogen) atoms. The standard InChI is InChI=1S/C12H16N2O.C8H9NO2/c15-12(14-9-1-2-10-14)4-3-11-5-7-13-8-6-11;9-8(10)11-6-7-4-2-1-3-5-7/h5-8H,1-4,9-10H2;1-5H,6H2,(H2,9,10). The van der Waals surface area contributed by atoms with Crippen molar-refractivity contribution >= 4 is 12.0 Å². The third-order valence-electron chi connectivity index (χ3n) is 4.06. The molecule has 1 fully saturated rings. The van der Waals surface area contributed by atoms with Crippen molar-refractivity contribution in [3.8, 4) is 0 Å². The van der Waals surface area contributed by atoms with Crippen molar-refractivity contribution in [1.29, 1.82) is 0 Å². The number of primary amides is 1. The number of carbonyl (C=O) groups excluding carboxylic acids is 2. The van der Waals surface area contributed by atoms with Gasteiger partial charge < -0.3 is 15.4 Å². The number of nitrogens with zero attached hydrogens (tertiary/aromatic N) is 2. The van der Waals surface area contributed by atoms with E-state index in [1.165, 1.54) is 18.4 Å². The van der Waals surface area contributed by atoms with E-state index in [1.807, 2.05) is 47.4 Å². The van der Waals surface area contributed by atoms with Crippen molar-refractivity contribution in [2.24, 2.45) is 5.73 Å². The topological polar surface area (TPSA) is 85.5 Å². The highest BCUT2D eigenvalue weighted by molar-refractivity contribution is 5.76. The lowest BCUT2D eigenvalue weighted by Gasteiger charge is -2.14. The first-order valence-corrected chi connectivity index (χ1v) is 8.78. The smallest absolute Gasteiger partial charge is 0.404 e. The highest BCUT2D eigenvalue weighted by Crippen LogP contribution is 2.10. The maximum absolute atomic E-state index is 11.7. The molecule has 2 N–H and O–H groups in total. The Balaban J connectivity index is 0.000000197. The maximum Gasteiger partial charge on any atom is 0.404 e. The average Bonchev–Trinajstić information content (AvgIpc) is 3.22. The summed E-state index contributed by atoms with van der Waals surface area (Å²) in [5.41, 5.74) is 6.91. The van der Waals surface area contributed by atoms with Gasteiger partial charge in [0.25, 0.3) is 0 Å². The first-order chi connectivity index (χ1) is 12.6. The normalized spacial score (nSPS) is 12.8. The number of hydrogen-bond donors (Lipinski definition) is 1. The molecule has 1 aromatic carbocycles. The molecule has 2 aromatic rings. The highest BCUT2D eigenvalue weighted by atomic mass is 16.5. The number of pyridine rings is 1. The van der Waals surface area contributed by atoms with Gasteiger partial charge >= 0.3 is 6.09 Å². The number of rotatable bonds is 5. The van der Waals surface area contributed by atoms with Gasteiger partial charge in [-0.05, 0) is 42.5 Å². The van der Waals surface area contributed by atoms with Gasteiger partial charge in [0.15, 0.2) is 0 Å². The summed E-state index contributed by atoms with van der Waals surface area (Å²) in [6.07, 6.45) is 6.60. The summed E-state index contributed by atoms with van der Waals surface area (Å²) >= 11 is 0. The fourth-order valence-electron chi connectivity index (χ4n) is 2.65. The Labute approximate surface area is 154 Å². The second-order valence-corrected chi connectivity index (χ2v) is 6.04. The number of nitrogens with two attached hydrogens (primary N) is 1. The monoisotopic (exact) mass is 355 g/mol. The van der Waals surface area contributed by atoms with Gasteiger partial charge in [0.1, 0.15) is 6.61 Å². The van der Waals surface area contributed by atoms with Crippen LogP contribution in [0.15, 0.2) is 54.9 Å². The minimum atomic E-state index is -0.742. The van der Waals surface area contributed by atoms with Gasteiger partial charge in [-0.2, -0.15) is 0 Å². The summed E-state index contributed by atoms with van der Waals surface area (Å²) in [4.78, 5) is 27.8. The number of amides is 2.